The van der Waals surface area contributed by atoms with E-state index in [2.05, 4.69) is 17.6 Å². The fraction of sp³-hybridized carbons (Fsp3) is 0.760. The molecule has 7 rings (SSSR count). The summed E-state index contributed by atoms with van der Waals surface area (Å²) in [5, 5.41) is 7.41. The van der Waals surface area contributed by atoms with Crippen LogP contribution in [0.1, 0.15) is 85.5 Å². The smallest absolute Gasteiger partial charge is 0.254 e. The van der Waals surface area contributed by atoms with Crippen molar-refractivity contribution in [2.75, 3.05) is 11.9 Å². The molecule has 0 spiro atoms. The minimum Gasteiger partial charge on any atom is -0.376 e. The first-order valence-electron chi connectivity index (χ1n) is 12.4. The Labute approximate surface area is 188 Å². The third kappa shape index (κ3) is 3.28. The van der Waals surface area contributed by atoms with Gasteiger partial charge in [0.05, 0.1) is 24.2 Å². The van der Waals surface area contributed by atoms with Crippen molar-refractivity contribution in [1.82, 2.24) is 5.32 Å². The quantitative estimate of drug-likeness (QED) is 0.697. The Balaban J connectivity index is 1.28. The number of fused-ring (bicyclic) bond motifs is 1. The van der Waals surface area contributed by atoms with E-state index in [0.717, 1.165) is 58.5 Å². The van der Waals surface area contributed by atoms with Gasteiger partial charge in [-0.3, -0.25) is 9.59 Å². The molecule has 4 bridgehead atoms. The van der Waals surface area contributed by atoms with E-state index in [1.807, 2.05) is 0 Å². The average Bonchev–Trinajstić information content (AvgIpc) is 3.33. The van der Waals surface area contributed by atoms with Crippen LogP contribution in [0.3, 0.4) is 0 Å². The van der Waals surface area contributed by atoms with Gasteiger partial charge in [-0.2, -0.15) is 0 Å². The highest BCUT2D eigenvalue weighted by Gasteiger charge is 2.61. The molecule has 4 unspecified atom stereocenters. The van der Waals surface area contributed by atoms with Crippen LogP contribution in [0.4, 0.5) is 5.00 Å². The molecule has 2 N–H and O–H groups in total. The molecule has 1 aromatic rings. The second-order valence-electron chi connectivity index (χ2n) is 11.0. The van der Waals surface area contributed by atoms with Crippen LogP contribution >= 0.6 is 11.3 Å². The lowest BCUT2D eigenvalue weighted by Gasteiger charge is -2.31. The van der Waals surface area contributed by atoms with E-state index in [-0.39, 0.29) is 23.3 Å². The molecular weight excluding hydrogens is 408 g/mol. The SMILES string of the molecule is CC1CCCCC1NC(=O)c1c(NC(=O)C23CC4C[C@@H](C[C@H]2C4)C3)sc2c1CCOC2. The van der Waals surface area contributed by atoms with E-state index in [1.54, 1.807) is 11.3 Å². The number of amides is 2. The van der Waals surface area contributed by atoms with E-state index >= 15 is 0 Å². The van der Waals surface area contributed by atoms with Crippen LogP contribution in [0.2, 0.25) is 0 Å². The van der Waals surface area contributed by atoms with Crippen LogP contribution in [-0.2, 0) is 22.6 Å². The molecule has 168 valence electrons. The summed E-state index contributed by atoms with van der Waals surface area (Å²) in [6.07, 6.45) is 11.3. The van der Waals surface area contributed by atoms with Crippen LogP contribution in [0.15, 0.2) is 0 Å². The molecule has 6 atom stereocenters. The number of hydrogen-bond acceptors (Lipinski definition) is 4. The van der Waals surface area contributed by atoms with E-state index < -0.39 is 0 Å². The highest BCUT2D eigenvalue weighted by Crippen LogP contribution is 2.65. The van der Waals surface area contributed by atoms with Crippen molar-refractivity contribution in [1.29, 1.82) is 0 Å². The highest BCUT2D eigenvalue weighted by atomic mass is 32.1. The Hall–Kier alpha value is -1.40. The average molecular weight is 443 g/mol. The Morgan fingerprint density at radius 2 is 1.87 bits per heavy atom. The molecule has 5 aliphatic carbocycles. The van der Waals surface area contributed by atoms with Gasteiger partial charge in [0.25, 0.3) is 5.91 Å². The van der Waals surface area contributed by atoms with Crippen molar-refractivity contribution in [2.45, 2.75) is 83.8 Å². The van der Waals surface area contributed by atoms with Gasteiger partial charge in [0.1, 0.15) is 5.00 Å². The number of rotatable bonds is 4. The molecule has 5 fully saturated rings. The van der Waals surface area contributed by atoms with Gasteiger partial charge in [-0.05, 0) is 80.6 Å². The van der Waals surface area contributed by atoms with Crippen molar-refractivity contribution in [3.05, 3.63) is 16.0 Å². The van der Waals surface area contributed by atoms with Crippen molar-refractivity contribution in [3.63, 3.8) is 0 Å². The molecule has 6 heteroatoms. The molecule has 2 amide bonds. The van der Waals surface area contributed by atoms with Gasteiger partial charge in [0.15, 0.2) is 0 Å². The second kappa shape index (κ2) is 7.58. The molecule has 2 heterocycles. The standard InChI is InChI=1S/C25H34N2O3S/c1-14-4-2-3-5-19(14)26-22(28)21-18-6-7-30-13-20(18)31-23(21)27-24(29)25-11-15-8-16(12-25)10-17(25)9-15/h14-17,19H,2-13H2,1H3,(H,26,28)(H,27,29)/t14?,15-,16?,17-,19?,25?/m0/s1. The molecule has 0 radical (unpaired) electrons. The van der Waals surface area contributed by atoms with Gasteiger partial charge in [0, 0.05) is 10.9 Å². The van der Waals surface area contributed by atoms with Crippen LogP contribution in [0, 0.1) is 29.1 Å². The number of nitrogens with one attached hydrogen (secondary N) is 2. The number of carbonyl (C=O) groups is 2. The largest absolute Gasteiger partial charge is 0.376 e. The van der Waals surface area contributed by atoms with Gasteiger partial charge < -0.3 is 15.4 Å². The Kier molecular flexibility index (Phi) is 4.95. The fourth-order valence-corrected chi connectivity index (χ4v) is 8.90. The maximum atomic E-state index is 13.6. The molecule has 5 saturated carbocycles. The Morgan fingerprint density at radius 3 is 2.65 bits per heavy atom. The van der Waals surface area contributed by atoms with Crippen LogP contribution in [-0.4, -0.2) is 24.5 Å². The predicted molar refractivity (Wildman–Crippen MR) is 121 cm³/mol. The number of carbonyl (C=O) groups excluding carboxylic acids is 2. The fourth-order valence-electron chi connectivity index (χ4n) is 7.73. The lowest BCUT2D eigenvalue weighted by Crippen LogP contribution is -2.42. The van der Waals surface area contributed by atoms with Crippen molar-refractivity contribution in [2.24, 2.45) is 29.1 Å². The lowest BCUT2D eigenvalue weighted by atomic mass is 9.75. The van der Waals surface area contributed by atoms with E-state index in [1.165, 1.54) is 38.5 Å². The van der Waals surface area contributed by atoms with Gasteiger partial charge in [-0.25, -0.2) is 0 Å². The maximum Gasteiger partial charge on any atom is 0.254 e. The summed E-state index contributed by atoms with van der Waals surface area (Å²) < 4.78 is 5.67. The molecule has 0 aromatic carbocycles. The summed E-state index contributed by atoms with van der Waals surface area (Å²) in [5.74, 6) is 2.73. The summed E-state index contributed by atoms with van der Waals surface area (Å²) >= 11 is 1.57. The summed E-state index contributed by atoms with van der Waals surface area (Å²) in [6, 6.07) is 0.236. The highest BCUT2D eigenvalue weighted by molar-refractivity contribution is 7.17. The molecular formula is C25H34N2O3S. The Morgan fingerprint density at radius 1 is 1.10 bits per heavy atom. The zero-order valence-electron chi connectivity index (χ0n) is 18.5. The first-order valence-corrected chi connectivity index (χ1v) is 13.2. The molecule has 5 nitrogen and oxygen atoms in total. The molecule has 1 aromatic heterocycles. The summed E-state index contributed by atoms with van der Waals surface area (Å²) in [4.78, 5) is 28.3. The van der Waals surface area contributed by atoms with E-state index in [4.69, 9.17) is 4.74 Å². The summed E-state index contributed by atoms with van der Waals surface area (Å²) in [5.41, 5.74) is 1.64. The third-order valence-corrected chi connectivity index (χ3v) is 10.3. The van der Waals surface area contributed by atoms with Gasteiger partial charge in [0.2, 0.25) is 5.91 Å². The molecule has 31 heavy (non-hydrogen) atoms. The summed E-state index contributed by atoms with van der Waals surface area (Å²) in [6.45, 7) is 3.44. The van der Waals surface area contributed by atoms with Crippen LogP contribution in [0.25, 0.3) is 0 Å². The lowest BCUT2D eigenvalue weighted by molar-refractivity contribution is -0.127. The first-order chi connectivity index (χ1) is 15.0. The number of ether oxygens (including phenoxy) is 1. The predicted octanol–water partition coefficient (Wildman–Crippen LogP) is 4.89. The Bertz CT molecular complexity index is 895. The number of hydrogen-bond donors (Lipinski definition) is 2. The molecule has 6 aliphatic rings. The summed E-state index contributed by atoms with van der Waals surface area (Å²) in [7, 11) is 0. The van der Waals surface area contributed by atoms with E-state index in [9.17, 15) is 9.59 Å². The van der Waals surface area contributed by atoms with Gasteiger partial charge >= 0.3 is 0 Å². The van der Waals surface area contributed by atoms with Crippen molar-refractivity contribution in [3.8, 4) is 0 Å². The molecule has 1 aliphatic heterocycles. The minimum atomic E-state index is -0.180. The molecule has 0 saturated heterocycles. The minimum absolute atomic E-state index is 0.00295. The van der Waals surface area contributed by atoms with Crippen molar-refractivity contribution >= 4 is 28.2 Å². The topological polar surface area (TPSA) is 67.4 Å². The number of anilines is 1. The second-order valence-corrected chi connectivity index (χ2v) is 12.1. The van der Waals surface area contributed by atoms with Gasteiger partial charge in [-0.15, -0.1) is 11.3 Å². The zero-order valence-corrected chi connectivity index (χ0v) is 19.3. The zero-order chi connectivity index (χ0) is 21.2. The third-order valence-electron chi connectivity index (χ3n) is 9.14. The van der Waals surface area contributed by atoms with Gasteiger partial charge in [-0.1, -0.05) is 19.8 Å². The monoisotopic (exact) mass is 442 g/mol. The normalized spacial score (nSPS) is 38.2. The first kappa shape index (κ1) is 20.2. The maximum absolute atomic E-state index is 13.6. The number of thiophene rings is 1. The van der Waals surface area contributed by atoms with Crippen molar-refractivity contribution < 1.29 is 14.3 Å². The van der Waals surface area contributed by atoms with Crippen LogP contribution < -0.4 is 10.6 Å². The van der Waals surface area contributed by atoms with E-state index in [0.29, 0.717) is 25.0 Å². The van der Waals surface area contributed by atoms with Crippen LogP contribution in [0.5, 0.6) is 0 Å².